The average Bonchev–Trinajstić information content (AvgIpc) is 2.52. The van der Waals surface area contributed by atoms with E-state index in [1.165, 1.54) is 12.0 Å². The number of benzene rings is 1. The highest BCUT2D eigenvalue weighted by Crippen LogP contribution is 2.28. The minimum absolute atomic E-state index is 0.203. The van der Waals surface area contributed by atoms with Gasteiger partial charge in [0.15, 0.2) is 0 Å². The van der Waals surface area contributed by atoms with Gasteiger partial charge in [-0.2, -0.15) is 0 Å². The fraction of sp³-hybridized carbons (Fsp3) is 0.667. The first kappa shape index (κ1) is 16.5. The van der Waals surface area contributed by atoms with Crippen LogP contribution in [0.3, 0.4) is 0 Å². The smallest absolute Gasteiger partial charge is 0.0956 e. The molecule has 0 unspecified atom stereocenters. The Bertz CT molecular complexity index is 393. The number of methoxy groups -OCH3 is 1. The van der Waals surface area contributed by atoms with Crippen molar-refractivity contribution in [2.45, 2.75) is 38.9 Å². The summed E-state index contributed by atoms with van der Waals surface area (Å²) in [6, 6.07) is 10.6. The Kier molecular flexibility index (Phi) is 6.68. The van der Waals surface area contributed by atoms with Gasteiger partial charge in [-0.1, -0.05) is 44.2 Å². The molecule has 2 atom stereocenters. The standard InChI is InChI=1S/C18H29NO2/c1-15(2)17-13-19(11-7-8-12-20-3)14-18(21-17)16-9-5-4-6-10-16/h4-6,9-10,15,17-18H,7-8,11-14H2,1-3H3/t17-,18+/m1/s1. The van der Waals surface area contributed by atoms with Crippen molar-refractivity contribution in [3.63, 3.8) is 0 Å². The van der Waals surface area contributed by atoms with E-state index in [0.717, 1.165) is 32.7 Å². The van der Waals surface area contributed by atoms with Crippen LogP contribution in [0, 0.1) is 5.92 Å². The van der Waals surface area contributed by atoms with Gasteiger partial charge in [-0.3, -0.25) is 4.90 Å². The zero-order chi connectivity index (χ0) is 15.1. The summed E-state index contributed by atoms with van der Waals surface area (Å²) in [4.78, 5) is 2.56. The molecule has 0 radical (unpaired) electrons. The van der Waals surface area contributed by atoms with Gasteiger partial charge < -0.3 is 9.47 Å². The lowest BCUT2D eigenvalue weighted by Gasteiger charge is -2.40. The van der Waals surface area contributed by atoms with Crippen LogP contribution < -0.4 is 0 Å². The molecule has 3 heteroatoms. The highest BCUT2D eigenvalue weighted by atomic mass is 16.5. The summed E-state index contributed by atoms with van der Waals surface area (Å²) >= 11 is 0. The van der Waals surface area contributed by atoms with E-state index in [1.54, 1.807) is 7.11 Å². The van der Waals surface area contributed by atoms with Crippen molar-refractivity contribution in [2.24, 2.45) is 5.92 Å². The Morgan fingerprint density at radius 1 is 1.19 bits per heavy atom. The van der Waals surface area contributed by atoms with Crippen LogP contribution in [0.25, 0.3) is 0 Å². The first-order valence-corrected chi connectivity index (χ1v) is 8.12. The Balaban J connectivity index is 1.95. The molecule has 0 aliphatic carbocycles. The van der Waals surface area contributed by atoms with Crippen LogP contribution in [-0.4, -0.2) is 44.4 Å². The molecular formula is C18H29NO2. The molecule has 1 saturated heterocycles. The first-order valence-electron chi connectivity index (χ1n) is 8.12. The van der Waals surface area contributed by atoms with E-state index in [2.05, 4.69) is 49.1 Å². The zero-order valence-corrected chi connectivity index (χ0v) is 13.6. The molecule has 2 rings (SSSR count). The second-order valence-corrected chi connectivity index (χ2v) is 6.28. The molecule has 3 nitrogen and oxygen atoms in total. The number of rotatable bonds is 7. The molecule has 1 heterocycles. The zero-order valence-electron chi connectivity index (χ0n) is 13.6. The topological polar surface area (TPSA) is 21.7 Å². The molecule has 0 saturated carbocycles. The fourth-order valence-electron chi connectivity index (χ4n) is 2.84. The largest absolute Gasteiger partial charge is 0.385 e. The predicted molar refractivity (Wildman–Crippen MR) is 86.4 cm³/mol. The van der Waals surface area contributed by atoms with E-state index >= 15 is 0 Å². The lowest BCUT2D eigenvalue weighted by molar-refractivity contribution is -0.105. The summed E-state index contributed by atoms with van der Waals surface area (Å²) in [7, 11) is 1.77. The van der Waals surface area contributed by atoms with Gasteiger partial charge in [0.1, 0.15) is 0 Å². The summed E-state index contributed by atoms with van der Waals surface area (Å²) in [6.07, 6.45) is 2.86. The molecule has 0 spiro atoms. The molecule has 118 valence electrons. The quantitative estimate of drug-likeness (QED) is 0.718. The van der Waals surface area contributed by atoms with Gasteiger partial charge in [0, 0.05) is 26.8 Å². The minimum Gasteiger partial charge on any atom is -0.385 e. The van der Waals surface area contributed by atoms with E-state index in [1.807, 2.05) is 0 Å². The van der Waals surface area contributed by atoms with Crippen LogP contribution in [0.2, 0.25) is 0 Å². The third kappa shape index (κ3) is 5.10. The van der Waals surface area contributed by atoms with Crippen LogP contribution >= 0.6 is 0 Å². The molecule has 1 aliphatic heterocycles. The van der Waals surface area contributed by atoms with Crippen molar-refractivity contribution in [3.05, 3.63) is 35.9 Å². The fourth-order valence-corrected chi connectivity index (χ4v) is 2.84. The van der Waals surface area contributed by atoms with Gasteiger partial charge in [-0.25, -0.2) is 0 Å². The lowest BCUT2D eigenvalue weighted by atomic mass is 10.0. The normalized spacial score (nSPS) is 23.6. The van der Waals surface area contributed by atoms with Gasteiger partial charge in [0.25, 0.3) is 0 Å². The Morgan fingerprint density at radius 2 is 1.95 bits per heavy atom. The van der Waals surface area contributed by atoms with E-state index in [-0.39, 0.29) is 6.10 Å². The van der Waals surface area contributed by atoms with Gasteiger partial charge in [-0.15, -0.1) is 0 Å². The van der Waals surface area contributed by atoms with E-state index in [4.69, 9.17) is 9.47 Å². The summed E-state index contributed by atoms with van der Waals surface area (Å²) in [6.45, 7) is 8.55. The maximum Gasteiger partial charge on any atom is 0.0956 e. The molecule has 0 bridgehead atoms. The van der Waals surface area contributed by atoms with E-state index < -0.39 is 0 Å². The molecule has 21 heavy (non-hydrogen) atoms. The minimum atomic E-state index is 0.203. The van der Waals surface area contributed by atoms with Crippen molar-refractivity contribution in [3.8, 4) is 0 Å². The third-order valence-electron chi connectivity index (χ3n) is 4.19. The molecule has 1 aromatic rings. The van der Waals surface area contributed by atoms with Crippen LogP contribution in [0.15, 0.2) is 30.3 Å². The summed E-state index contributed by atoms with van der Waals surface area (Å²) < 4.78 is 11.5. The number of nitrogens with zero attached hydrogens (tertiary/aromatic N) is 1. The molecule has 0 N–H and O–H groups in total. The molecular weight excluding hydrogens is 262 g/mol. The number of hydrogen-bond donors (Lipinski definition) is 0. The second-order valence-electron chi connectivity index (χ2n) is 6.28. The van der Waals surface area contributed by atoms with Gasteiger partial charge in [0.2, 0.25) is 0 Å². The number of ether oxygens (including phenoxy) is 2. The molecule has 0 aromatic heterocycles. The van der Waals surface area contributed by atoms with Gasteiger partial charge >= 0.3 is 0 Å². The Hall–Kier alpha value is -0.900. The Labute approximate surface area is 129 Å². The van der Waals surface area contributed by atoms with Crippen molar-refractivity contribution in [2.75, 3.05) is 33.4 Å². The highest BCUT2D eigenvalue weighted by molar-refractivity contribution is 5.18. The summed E-state index contributed by atoms with van der Waals surface area (Å²) in [5.41, 5.74) is 1.30. The maximum absolute atomic E-state index is 6.33. The summed E-state index contributed by atoms with van der Waals surface area (Å²) in [5.74, 6) is 0.554. The summed E-state index contributed by atoms with van der Waals surface area (Å²) in [5, 5.41) is 0. The van der Waals surface area contributed by atoms with Crippen LogP contribution in [0.1, 0.15) is 38.4 Å². The second kappa shape index (κ2) is 8.52. The van der Waals surface area contributed by atoms with Crippen molar-refractivity contribution < 1.29 is 9.47 Å². The first-order chi connectivity index (χ1) is 10.2. The predicted octanol–water partition coefficient (Wildman–Crippen LogP) is 3.51. The third-order valence-corrected chi connectivity index (χ3v) is 4.19. The number of hydrogen-bond acceptors (Lipinski definition) is 3. The SMILES string of the molecule is COCCCCN1C[C@@H](c2ccccc2)O[C@@H](C(C)C)C1. The van der Waals surface area contributed by atoms with Crippen molar-refractivity contribution >= 4 is 0 Å². The van der Waals surface area contributed by atoms with Crippen LogP contribution in [0.4, 0.5) is 0 Å². The molecule has 1 aliphatic rings. The van der Waals surface area contributed by atoms with Gasteiger partial charge in [0.05, 0.1) is 12.2 Å². The Morgan fingerprint density at radius 3 is 2.62 bits per heavy atom. The monoisotopic (exact) mass is 291 g/mol. The van der Waals surface area contributed by atoms with Crippen molar-refractivity contribution in [1.82, 2.24) is 4.90 Å². The molecule has 0 amide bonds. The highest BCUT2D eigenvalue weighted by Gasteiger charge is 2.30. The average molecular weight is 291 g/mol. The van der Waals surface area contributed by atoms with Crippen molar-refractivity contribution in [1.29, 1.82) is 0 Å². The van der Waals surface area contributed by atoms with Gasteiger partial charge in [-0.05, 0) is 30.9 Å². The number of unbranched alkanes of at least 4 members (excludes halogenated alkanes) is 1. The van der Waals surface area contributed by atoms with E-state index in [0.29, 0.717) is 12.0 Å². The molecule has 1 fully saturated rings. The van der Waals surface area contributed by atoms with Crippen LogP contribution in [0.5, 0.6) is 0 Å². The number of morpholine rings is 1. The van der Waals surface area contributed by atoms with E-state index in [9.17, 15) is 0 Å². The maximum atomic E-state index is 6.33. The molecule has 1 aromatic carbocycles. The lowest BCUT2D eigenvalue weighted by Crippen LogP contribution is -2.46. The van der Waals surface area contributed by atoms with Crippen LogP contribution in [-0.2, 0) is 9.47 Å².